The van der Waals surface area contributed by atoms with Crippen molar-refractivity contribution in [3.8, 4) is 0 Å². The molecular weight excluding hydrogens is 398 g/mol. The van der Waals surface area contributed by atoms with Crippen molar-refractivity contribution in [3.63, 3.8) is 0 Å². The van der Waals surface area contributed by atoms with Gasteiger partial charge in [0.05, 0.1) is 0 Å². The molecule has 0 fully saturated rings. The number of ether oxygens (including phenoxy) is 2. The van der Waals surface area contributed by atoms with Crippen molar-refractivity contribution in [1.82, 2.24) is 15.3 Å². The molecule has 0 aliphatic rings. The Labute approximate surface area is 174 Å². The van der Waals surface area contributed by atoms with Crippen molar-refractivity contribution < 1.29 is 19.1 Å². The summed E-state index contributed by atoms with van der Waals surface area (Å²) < 4.78 is 10.5. The van der Waals surface area contributed by atoms with Gasteiger partial charge in [-0.15, -0.1) is 0 Å². The molecule has 2 aromatic rings. The number of rotatable bonds is 7. The van der Waals surface area contributed by atoms with Crippen LogP contribution in [0.2, 0.25) is 5.15 Å². The van der Waals surface area contributed by atoms with Crippen molar-refractivity contribution in [2.45, 2.75) is 39.0 Å². The summed E-state index contributed by atoms with van der Waals surface area (Å²) in [6.07, 6.45) is 0.464. The zero-order valence-electron chi connectivity index (χ0n) is 16.4. The van der Waals surface area contributed by atoms with Gasteiger partial charge in [-0.3, -0.25) is 0 Å². The molecule has 1 aromatic heterocycles. The number of carbonyl (C=O) groups excluding carboxylic acids is 2. The molecule has 1 atom stereocenters. The molecule has 0 unspecified atom stereocenters. The lowest BCUT2D eigenvalue weighted by Gasteiger charge is -2.24. The summed E-state index contributed by atoms with van der Waals surface area (Å²) in [5, 5.41) is 5.44. The molecule has 9 nitrogen and oxygen atoms in total. The van der Waals surface area contributed by atoms with Crippen molar-refractivity contribution in [2.75, 3.05) is 17.6 Å². The van der Waals surface area contributed by atoms with Crippen LogP contribution in [0.5, 0.6) is 0 Å². The Morgan fingerprint density at radius 1 is 1.21 bits per heavy atom. The number of benzene rings is 1. The Kier molecular flexibility index (Phi) is 7.60. The monoisotopic (exact) mass is 421 g/mol. The van der Waals surface area contributed by atoms with Crippen LogP contribution in [0, 0.1) is 0 Å². The van der Waals surface area contributed by atoms with Crippen LogP contribution in [0.4, 0.5) is 16.3 Å². The van der Waals surface area contributed by atoms with E-state index in [1.54, 1.807) is 20.8 Å². The van der Waals surface area contributed by atoms with Gasteiger partial charge >= 0.3 is 12.1 Å². The lowest BCUT2D eigenvalue weighted by atomic mass is 10.2. The summed E-state index contributed by atoms with van der Waals surface area (Å²) in [6.45, 7) is 5.20. The first-order valence-electron chi connectivity index (χ1n) is 8.85. The third-order valence-electron chi connectivity index (χ3n) is 3.51. The van der Waals surface area contributed by atoms with E-state index < -0.39 is 23.7 Å². The number of nitrogens with zero attached hydrogens (tertiary/aromatic N) is 2. The number of carbonyl (C=O) groups is 2. The Balaban J connectivity index is 2.02. The second kappa shape index (κ2) is 9.92. The van der Waals surface area contributed by atoms with E-state index in [0.29, 0.717) is 0 Å². The quantitative estimate of drug-likeness (QED) is 0.459. The largest absolute Gasteiger partial charge is 0.458 e. The van der Waals surface area contributed by atoms with Crippen LogP contribution in [0.1, 0.15) is 26.3 Å². The van der Waals surface area contributed by atoms with Crippen molar-refractivity contribution in [2.24, 2.45) is 0 Å². The third kappa shape index (κ3) is 7.46. The Bertz CT molecular complexity index is 842. The zero-order chi connectivity index (χ0) is 21.4. The Hall–Kier alpha value is -3.07. The summed E-state index contributed by atoms with van der Waals surface area (Å²) in [5.74, 6) is -0.404. The topological polar surface area (TPSA) is 128 Å². The number of nitrogens with one attached hydrogen (secondary N) is 2. The minimum atomic E-state index is -1.05. The van der Waals surface area contributed by atoms with Crippen LogP contribution in [-0.4, -0.2) is 40.2 Å². The van der Waals surface area contributed by atoms with Crippen LogP contribution in [0.15, 0.2) is 36.7 Å². The third-order valence-corrected chi connectivity index (χ3v) is 3.81. The average Bonchev–Trinajstić information content (AvgIpc) is 2.66. The van der Waals surface area contributed by atoms with E-state index in [0.717, 1.165) is 5.56 Å². The van der Waals surface area contributed by atoms with Gasteiger partial charge in [0.1, 0.15) is 30.3 Å². The van der Waals surface area contributed by atoms with E-state index in [9.17, 15) is 9.59 Å². The molecule has 29 heavy (non-hydrogen) atoms. The number of anilines is 2. The predicted octanol–water partition coefficient (Wildman–Crippen LogP) is 2.76. The Morgan fingerprint density at radius 3 is 2.55 bits per heavy atom. The highest BCUT2D eigenvalue weighted by atomic mass is 35.5. The molecule has 10 heteroatoms. The zero-order valence-corrected chi connectivity index (χ0v) is 17.2. The molecule has 156 valence electrons. The molecule has 0 saturated carbocycles. The normalized spacial score (nSPS) is 12.0. The van der Waals surface area contributed by atoms with Gasteiger partial charge in [-0.05, 0) is 26.3 Å². The highest BCUT2D eigenvalue weighted by Gasteiger charge is 2.27. The number of esters is 1. The fourth-order valence-electron chi connectivity index (χ4n) is 2.19. The van der Waals surface area contributed by atoms with Crippen LogP contribution in [0.25, 0.3) is 0 Å². The number of halogens is 1. The molecule has 0 radical (unpaired) electrons. The predicted molar refractivity (Wildman–Crippen MR) is 109 cm³/mol. The van der Waals surface area contributed by atoms with Gasteiger partial charge in [0.25, 0.3) is 0 Å². The van der Waals surface area contributed by atoms with Crippen LogP contribution in [0.3, 0.4) is 0 Å². The molecule has 0 bridgehead atoms. The highest BCUT2D eigenvalue weighted by molar-refractivity contribution is 6.32. The molecule has 4 N–H and O–H groups in total. The number of hydrogen-bond acceptors (Lipinski definition) is 8. The fraction of sp³-hybridized carbons (Fsp3) is 0.368. The summed E-state index contributed by atoms with van der Waals surface area (Å²) in [6, 6.07) is 8.12. The summed E-state index contributed by atoms with van der Waals surface area (Å²) in [4.78, 5) is 32.4. The van der Waals surface area contributed by atoms with Crippen LogP contribution < -0.4 is 16.4 Å². The first-order chi connectivity index (χ1) is 13.7. The van der Waals surface area contributed by atoms with Gasteiger partial charge in [0.2, 0.25) is 0 Å². The Morgan fingerprint density at radius 2 is 1.90 bits per heavy atom. The van der Waals surface area contributed by atoms with Crippen molar-refractivity contribution in [3.05, 3.63) is 47.4 Å². The molecule has 0 aliphatic heterocycles. The number of aromatic nitrogens is 2. The number of nitrogen functional groups attached to an aromatic ring is 1. The maximum absolute atomic E-state index is 12.5. The average molecular weight is 422 g/mol. The lowest BCUT2D eigenvalue weighted by molar-refractivity contribution is -0.156. The van der Waals surface area contributed by atoms with Crippen molar-refractivity contribution >= 4 is 35.2 Å². The highest BCUT2D eigenvalue weighted by Crippen LogP contribution is 2.21. The summed E-state index contributed by atoms with van der Waals surface area (Å²) >= 11 is 5.87. The van der Waals surface area contributed by atoms with E-state index in [2.05, 4.69) is 20.6 Å². The molecule has 0 spiro atoms. The number of hydrogen-bond donors (Lipinski definition) is 3. The van der Waals surface area contributed by atoms with Crippen LogP contribution in [-0.2, 0) is 20.9 Å². The van der Waals surface area contributed by atoms with E-state index in [-0.39, 0.29) is 29.8 Å². The molecule has 0 aliphatic carbocycles. The molecule has 1 amide bonds. The van der Waals surface area contributed by atoms with Gasteiger partial charge in [-0.25, -0.2) is 19.6 Å². The van der Waals surface area contributed by atoms with E-state index >= 15 is 0 Å². The van der Waals surface area contributed by atoms with E-state index in [4.69, 9.17) is 26.8 Å². The van der Waals surface area contributed by atoms with Crippen LogP contribution >= 0.6 is 11.6 Å². The number of alkyl carbamates (subject to hydrolysis) is 1. The summed E-state index contributed by atoms with van der Waals surface area (Å²) in [5.41, 5.74) is 6.02. The molecule has 2 rings (SSSR count). The lowest BCUT2D eigenvalue weighted by Crippen LogP contribution is -2.48. The second-order valence-electron chi connectivity index (χ2n) is 7.10. The van der Waals surface area contributed by atoms with Gasteiger partial charge in [-0.2, -0.15) is 0 Å². The molecular formula is C19H24ClN5O4. The SMILES string of the molecule is CC(C)(C)OC(=O)[C@H](CNc1ncnc(Cl)c1N)NC(=O)OCc1ccccc1. The van der Waals surface area contributed by atoms with E-state index in [1.807, 2.05) is 30.3 Å². The number of amides is 1. The maximum atomic E-state index is 12.5. The standard InChI is InChI=1S/C19H24ClN5O4/c1-19(2,3)29-17(26)13(9-22-16-14(21)15(20)23-11-24-16)25-18(27)28-10-12-7-5-4-6-8-12/h4-8,11,13H,9-10,21H2,1-3H3,(H,25,27)(H,22,23,24)/t13-/m0/s1. The fourth-order valence-corrected chi connectivity index (χ4v) is 2.32. The van der Waals surface area contributed by atoms with Gasteiger partial charge < -0.3 is 25.8 Å². The van der Waals surface area contributed by atoms with Gasteiger partial charge in [0.15, 0.2) is 11.0 Å². The summed E-state index contributed by atoms with van der Waals surface area (Å²) in [7, 11) is 0. The second-order valence-corrected chi connectivity index (χ2v) is 7.46. The van der Waals surface area contributed by atoms with Gasteiger partial charge in [0, 0.05) is 6.54 Å². The molecule has 1 aromatic carbocycles. The van der Waals surface area contributed by atoms with Gasteiger partial charge in [-0.1, -0.05) is 41.9 Å². The number of nitrogens with two attached hydrogens (primary N) is 1. The minimum absolute atomic E-state index is 0.0487. The maximum Gasteiger partial charge on any atom is 0.408 e. The smallest absolute Gasteiger partial charge is 0.408 e. The first kappa shape index (κ1) is 22.2. The van der Waals surface area contributed by atoms with Crippen molar-refractivity contribution in [1.29, 1.82) is 0 Å². The van der Waals surface area contributed by atoms with E-state index in [1.165, 1.54) is 6.33 Å². The molecule has 0 saturated heterocycles. The first-order valence-corrected chi connectivity index (χ1v) is 9.23. The minimum Gasteiger partial charge on any atom is -0.458 e. The molecule has 1 heterocycles.